The van der Waals surface area contributed by atoms with Crippen LogP contribution >= 0.6 is 0 Å². The van der Waals surface area contributed by atoms with Gasteiger partial charge in [-0.25, -0.2) is 0 Å². The summed E-state index contributed by atoms with van der Waals surface area (Å²) in [4.78, 5) is 0. The van der Waals surface area contributed by atoms with Crippen molar-refractivity contribution in [1.29, 1.82) is 5.26 Å². The zero-order valence-electron chi connectivity index (χ0n) is 11.2. The number of benzene rings is 1. The molecule has 1 aliphatic carbocycles. The van der Waals surface area contributed by atoms with Crippen molar-refractivity contribution < 1.29 is 0 Å². The lowest BCUT2D eigenvalue weighted by Gasteiger charge is -2.31. The molecular formula is C16H22N2. The lowest BCUT2D eigenvalue weighted by atomic mass is 9.83. The molecule has 1 atom stereocenters. The number of nitrogens with zero attached hydrogens (tertiary/aromatic N) is 1. The summed E-state index contributed by atoms with van der Waals surface area (Å²) in [5.41, 5.74) is 1.82. The maximum Gasteiger partial charge on any atom is 0.0992 e. The zero-order valence-corrected chi connectivity index (χ0v) is 11.2. The summed E-state index contributed by atoms with van der Waals surface area (Å²) in [7, 11) is 0. The van der Waals surface area contributed by atoms with E-state index in [1.165, 1.54) is 32.1 Å². The van der Waals surface area contributed by atoms with E-state index in [-0.39, 0.29) is 0 Å². The van der Waals surface area contributed by atoms with Crippen LogP contribution in [0.3, 0.4) is 0 Å². The Morgan fingerprint density at radius 2 is 2.11 bits per heavy atom. The molecule has 18 heavy (non-hydrogen) atoms. The Morgan fingerprint density at radius 1 is 1.33 bits per heavy atom. The van der Waals surface area contributed by atoms with Crippen LogP contribution in [0.2, 0.25) is 0 Å². The van der Waals surface area contributed by atoms with Crippen LogP contribution in [-0.4, -0.2) is 6.04 Å². The predicted molar refractivity (Wildman–Crippen MR) is 75.4 cm³/mol. The molecule has 0 amide bonds. The first-order valence-corrected chi connectivity index (χ1v) is 7.10. The van der Waals surface area contributed by atoms with Crippen LogP contribution in [-0.2, 0) is 0 Å². The van der Waals surface area contributed by atoms with E-state index in [1.54, 1.807) is 0 Å². The fraction of sp³-hybridized carbons (Fsp3) is 0.562. The molecule has 1 aromatic carbocycles. The normalized spacial score (nSPS) is 18.0. The monoisotopic (exact) mass is 242 g/mol. The summed E-state index contributed by atoms with van der Waals surface area (Å²) in [6.45, 7) is 2.25. The highest BCUT2D eigenvalue weighted by Gasteiger charge is 2.21. The van der Waals surface area contributed by atoms with Crippen molar-refractivity contribution in [1.82, 2.24) is 0 Å². The van der Waals surface area contributed by atoms with Gasteiger partial charge in [0.05, 0.1) is 11.6 Å². The van der Waals surface area contributed by atoms with Crippen LogP contribution in [0.4, 0.5) is 5.69 Å². The Morgan fingerprint density at radius 3 is 2.78 bits per heavy atom. The predicted octanol–water partition coefficient (Wildman–Crippen LogP) is 4.33. The van der Waals surface area contributed by atoms with E-state index in [1.807, 2.05) is 18.2 Å². The molecule has 2 heteroatoms. The van der Waals surface area contributed by atoms with Gasteiger partial charge in [-0.15, -0.1) is 0 Å². The number of nitrogens with one attached hydrogen (secondary N) is 1. The molecule has 1 saturated carbocycles. The Balaban J connectivity index is 2.02. The summed E-state index contributed by atoms with van der Waals surface area (Å²) in [6, 6.07) is 10.6. The summed E-state index contributed by atoms with van der Waals surface area (Å²) in [5, 5.41) is 12.5. The Kier molecular flexibility index (Phi) is 4.64. The van der Waals surface area contributed by atoms with Crippen molar-refractivity contribution in [2.24, 2.45) is 5.92 Å². The lowest BCUT2D eigenvalue weighted by molar-refractivity contribution is 0.313. The maximum absolute atomic E-state index is 8.92. The molecule has 2 rings (SSSR count). The largest absolute Gasteiger partial charge is 0.382 e. The smallest absolute Gasteiger partial charge is 0.0992 e. The lowest BCUT2D eigenvalue weighted by Crippen LogP contribution is -2.30. The van der Waals surface area contributed by atoms with Gasteiger partial charge in [-0.2, -0.15) is 5.26 Å². The number of hydrogen-bond acceptors (Lipinski definition) is 2. The molecule has 2 nitrogen and oxygen atoms in total. The minimum Gasteiger partial charge on any atom is -0.382 e. The van der Waals surface area contributed by atoms with E-state index in [2.05, 4.69) is 24.4 Å². The molecule has 1 aliphatic rings. The van der Waals surface area contributed by atoms with Crippen LogP contribution < -0.4 is 5.32 Å². The van der Waals surface area contributed by atoms with E-state index in [0.717, 1.165) is 23.6 Å². The summed E-state index contributed by atoms with van der Waals surface area (Å²) >= 11 is 0. The van der Waals surface area contributed by atoms with Gasteiger partial charge in [-0.3, -0.25) is 0 Å². The van der Waals surface area contributed by atoms with Gasteiger partial charge in [0, 0.05) is 11.7 Å². The van der Waals surface area contributed by atoms with Gasteiger partial charge in [0.1, 0.15) is 0 Å². The van der Waals surface area contributed by atoms with Crippen molar-refractivity contribution in [2.45, 2.75) is 51.5 Å². The first-order chi connectivity index (χ1) is 8.83. The van der Waals surface area contributed by atoms with Gasteiger partial charge in [0.25, 0.3) is 0 Å². The standard InChI is InChI=1S/C16H22N2/c1-2-16(14-8-4-3-5-9-14)18-15-10-6-7-13(11-15)12-17/h6-7,10-11,14,16,18H,2-5,8-9H2,1H3. The average Bonchev–Trinajstić information content (AvgIpc) is 2.46. The molecule has 1 fully saturated rings. The third kappa shape index (κ3) is 3.26. The topological polar surface area (TPSA) is 35.8 Å². The minimum atomic E-state index is 0.555. The van der Waals surface area contributed by atoms with E-state index in [0.29, 0.717) is 6.04 Å². The van der Waals surface area contributed by atoms with E-state index in [9.17, 15) is 0 Å². The van der Waals surface area contributed by atoms with Crippen LogP contribution in [0.15, 0.2) is 24.3 Å². The molecule has 96 valence electrons. The third-order valence-corrected chi connectivity index (χ3v) is 4.00. The SMILES string of the molecule is CCC(Nc1cccc(C#N)c1)C1CCCCC1. The molecule has 0 radical (unpaired) electrons. The molecular weight excluding hydrogens is 220 g/mol. The van der Waals surface area contributed by atoms with Crippen molar-refractivity contribution >= 4 is 5.69 Å². The molecule has 1 aromatic rings. The highest BCUT2D eigenvalue weighted by Crippen LogP contribution is 2.29. The van der Waals surface area contributed by atoms with Gasteiger partial charge in [0.15, 0.2) is 0 Å². The van der Waals surface area contributed by atoms with E-state index >= 15 is 0 Å². The van der Waals surface area contributed by atoms with Gasteiger partial charge in [-0.1, -0.05) is 32.3 Å². The first kappa shape index (κ1) is 13.0. The molecule has 1 unspecified atom stereocenters. The first-order valence-electron chi connectivity index (χ1n) is 7.10. The molecule has 0 bridgehead atoms. The molecule has 0 aliphatic heterocycles. The highest BCUT2D eigenvalue weighted by molar-refractivity contribution is 5.49. The second-order valence-electron chi connectivity index (χ2n) is 5.25. The molecule has 1 N–H and O–H groups in total. The quantitative estimate of drug-likeness (QED) is 0.853. The third-order valence-electron chi connectivity index (χ3n) is 4.00. The van der Waals surface area contributed by atoms with Crippen molar-refractivity contribution in [2.75, 3.05) is 5.32 Å². The summed E-state index contributed by atoms with van der Waals surface area (Å²) in [5.74, 6) is 0.800. The van der Waals surface area contributed by atoms with E-state index < -0.39 is 0 Å². The fourth-order valence-electron chi connectivity index (χ4n) is 2.98. The molecule has 0 aromatic heterocycles. The number of hydrogen-bond donors (Lipinski definition) is 1. The molecule has 0 heterocycles. The van der Waals surface area contributed by atoms with Crippen molar-refractivity contribution in [3.63, 3.8) is 0 Å². The Labute approximate surface area is 110 Å². The van der Waals surface area contributed by atoms with Gasteiger partial charge < -0.3 is 5.32 Å². The van der Waals surface area contributed by atoms with Crippen LogP contribution in [0, 0.1) is 17.2 Å². The molecule has 0 spiro atoms. The fourth-order valence-corrected chi connectivity index (χ4v) is 2.98. The Hall–Kier alpha value is -1.49. The highest BCUT2D eigenvalue weighted by atomic mass is 14.9. The van der Waals surface area contributed by atoms with Crippen LogP contribution in [0.1, 0.15) is 51.0 Å². The molecule has 0 saturated heterocycles. The second-order valence-corrected chi connectivity index (χ2v) is 5.25. The number of rotatable bonds is 4. The van der Waals surface area contributed by atoms with Crippen molar-refractivity contribution in [3.05, 3.63) is 29.8 Å². The minimum absolute atomic E-state index is 0.555. The van der Waals surface area contributed by atoms with Crippen LogP contribution in [0.25, 0.3) is 0 Å². The zero-order chi connectivity index (χ0) is 12.8. The maximum atomic E-state index is 8.92. The summed E-state index contributed by atoms with van der Waals surface area (Å²) < 4.78 is 0. The van der Waals surface area contributed by atoms with Crippen LogP contribution in [0.5, 0.6) is 0 Å². The number of anilines is 1. The number of nitriles is 1. The van der Waals surface area contributed by atoms with Gasteiger partial charge >= 0.3 is 0 Å². The second kappa shape index (κ2) is 6.44. The van der Waals surface area contributed by atoms with Gasteiger partial charge in [-0.05, 0) is 43.4 Å². The van der Waals surface area contributed by atoms with Gasteiger partial charge in [0.2, 0.25) is 0 Å². The summed E-state index contributed by atoms with van der Waals surface area (Å²) in [6.07, 6.45) is 8.01. The average molecular weight is 242 g/mol. The van der Waals surface area contributed by atoms with E-state index in [4.69, 9.17) is 5.26 Å². The van der Waals surface area contributed by atoms with Crippen molar-refractivity contribution in [3.8, 4) is 6.07 Å². The Bertz CT molecular complexity index is 413.